The van der Waals surface area contributed by atoms with Crippen molar-refractivity contribution in [1.82, 2.24) is 0 Å². The third-order valence-corrected chi connectivity index (χ3v) is 1.74. The van der Waals surface area contributed by atoms with Crippen LogP contribution in [0.3, 0.4) is 0 Å². The number of hydrogen-bond donors (Lipinski definition) is 0. The van der Waals surface area contributed by atoms with E-state index in [2.05, 4.69) is 11.7 Å². The standard InChI is InChI=1S/C12H15BO2/c1-3-14-13(15-4-2)11-10-12-8-6-5-7-9-12/h5-9H,3-4H2,1-2H3. The van der Waals surface area contributed by atoms with Gasteiger partial charge in [0.15, 0.2) is 0 Å². The van der Waals surface area contributed by atoms with E-state index in [1.807, 2.05) is 44.2 Å². The molecule has 0 spiro atoms. The molecule has 3 heteroatoms. The summed E-state index contributed by atoms with van der Waals surface area (Å²) in [5.41, 5.74) is 0.974. The molecule has 0 fully saturated rings. The number of rotatable bonds is 4. The van der Waals surface area contributed by atoms with Crippen molar-refractivity contribution in [2.75, 3.05) is 13.2 Å². The van der Waals surface area contributed by atoms with Crippen LogP contribution in [-0.2, 0) is 9.31 Å². The summed E-state index contributed by atoms with van der Waals surface area (Å²) in [6.45, 7) is 5.06. The molecule has 0 saturated heterocycles. The molecule has 2 nitrogen and oxygen atoms in total. The zero-order valence-electron chi connectivity index (χ0n) is 9.19. The van der Waals surface area contributed by atoms with Gasteiger partial charge in [-0.05, 0) is 26.0 Å². The Labute approximate surface area is 91.7 Å². The molecule has 78 valence electrons. The van der Waals surface area contributed by atoms with Crippen LogP contribution in [0.15, 0.2) is 30.3 Å². The van der Waals surface area contributed by atoms with E-state index in [1.165, 1.54) is 0 Å². The molecule has 0 bridgehead atoms. The maximum Gasteiger partial charge on any atom is 0.550 e. The van der Waals surface area contributed by atoms with Crippen molar-refractivity contribution in [2.45, 2.75) is 13.8 Å². The average Bonchev–Trinajstić information content (AvgIpc) is 2.28. The molecule has 0 N–H and O–H groups in total. The molecule has 0 atom stereocenters. The molecule has 0 aliphatic carbocycles. The van der Waals surface area contributed by atoms with Gasteiger partial charge in [0.25, 0.3) is 0 Å². The first-order chi connectivity index (χ1) is 7.36. The van der Waals surface area contributed by atoms with Gasteiger partial charge in [0.05, 0.1) is 0 Å². The van der Waals surface area contributed by atoms with E-state index in [-0.39, 0.29) is 0 Å². The highest BCUT2D eigenvalue weighted by atomic mass is 16.6. The molecule has 0 aromatic heterocycles. The fourth-order valence-corrected chi connectivity index (χ4v) is 1.10. The molecule has 0 radical (unpaired) electrons. The van der Waals surface area contributed by atoms with Gasteiger partial charge < -0.3 is 9.31 Å². The van der Waals surface area contributed by atoms with E-state index in [0.29, 0.717) is 13.2 Å². The Kier molecular flexibility index (Phi) is 5.61. The Bertz CT molecular complexity index is 320. The minimum Gasteiger partial charge on any atom is -0.401 e. The van der Waals surface area contributed by atoms with Crippen molar-refractivity contribution in [2.24, 2.45) is 0 Å². The van der Waals surface area contributed by atoms with E-state index in [9.17, 15) is 0 Å². The summed E-state index contributed by atoms with van der Waals surface area (Å²) >= 11 is 0. The van der Waals surface area contributed by atoms with Gasteiger partial charge in [-0.2, -0.15) is 0 Å². The molecule has 0 heterocycles. The zero-order valence-corrected chi connectivity index (χ0v) is 9.19. The first-order valence-electron chi connectivity index (χ1n) is 5.16. The summed E-state index contributed by atoms with van der Waals surface area (Å²) in [7, 11) is -0.416. The van der Waals surface area contributed by atoms with E-state index >= 15 is 0 Å². The predicted molar refractivity (Wildman–Crippen MR) is 62.3 cm³/mol. The molecular formula is C12H15BO2. The van der Waals surface area contributed by atoms with Crippen molar-refractivity contribution in [3.63, 3.8) is 0 Å². The van der Waals surface area contributed by atoms with E-state index < -0.39 is 7.12 Å². The normalized spacial score (nSPS) is 9.20. The fourth-order valence-electron chi connectivity index (χ4n) is 1.10. The first kappa shape index (κ1) is 11.8. The van der Waals surface area contributed by atoms with Gasteiger partial charge in [0, 0.05) is 18.8 Å². The van der Waals surface area contributed by atoms with Crippen molar-refractivity contribution in [1.29, 1.82) is 0 Å². The van der Waals surface area contributed by atoms with Crippen molar-refractivity contribution < 1.29 is 9.31 Å². The minimum absolute atomic E-state index is 0.416. The molecule has 0 aliphatic heterocycles. The average molecular weight is 202 g/mol. The fraction of sp³-hybridized carbons (Fsp3) is 0.333. The lowest BCUT2D eigenvalue weighted by atomic mass is 9.91. The Morgan fingerprint density at radius 3 is 2.20 bits per heavy atom. The lowest BCUT2D eigenvalue weighted by molar-refractivity contribution is 0.226. The number of hydrogen-bond acceptors (Lipinski definition) is 2. The minimum atomic E-state index is -0.416. The lowest BCUT2D eigenvalue weighted by Crippen LogP contribution is -2.21. The smallest absolute Gasteiger partial charge is 0.401 e. The zero-order chi connectivity index (χ0) is 10.9. The molecule has 0 saturated carbocycles. The van der Waals surface area contributed by atoms with Gasteiger partial charge in [0.1, 0.15) is 0 Å². The topological polar surface area (TPSA) is 18.5 Å². The van der Waals surface area contributed by atoms with Crippen molar-refractivity contribution in [3.8, 4) is 11.7 Å². The Morgan fingerprint density at radius 2 is 1.67 bits per heavy atom. The second-order valence-corrected chi connectivity index (χ2v) is 2.88. The monoisotopic (exact) mass is 202 g/mol. The van der Waals surface area contributed by atoms with Crippen LogP contribution in [-0.4, -0.2) is 20.3 Å². The third kappa shape index (κ3) is 4.69. The van der Waals surface area contributed by atoms with Crippen LogP contribution in [0.4, 0.5) is 0 Å². The summed E-state index contributed by atoms with van der Waals surface area (Å²) in [5, 5.41) is 0. The largest absolute Gasteiger partial charge is 0.550 e. The van der Waals surface area contributed by atoms with Gasteiger partial charge in [-0.15, -0.1) is 0 Å². The molecular weight excluding hydrogens is 187 g/mol. The second kappa shape index (κ2) is 7.11. The highest BCUT2D eigenvalue weighted by Crippen LogP contribution is 1.96. The highest BCUT2D eigenvalue weighted by Gasteiger charge is 2.12. The summed E-state index contributed by atoms with van der Waals surface area (Å²) in [6, 6.07) is 9.80. The van der Waals surface area contributed by atoms with Gasteiger partial charge >= 0.3 is 7.12 Å². The summed E-state index contributed by atoms with van der Waals surface area (Å²) < 4.78 is 10.6. The van der Waals surface area contributed by atoms with Crippen LogP contribution >= 0.6 is 0 Å². The molecule has 15 heavy (non-hydrogen) atoms. The molecule has 0 unspecified atom stereocenters. The van der Waals surface area contributed by atoms with Crippen molar-refractivity contribution >= 4 is 7.12 Å². The second-order valence-electron chi connectivity index (χ2n) is 2.88. The predicted octanol–water partition coefficient (Wildman–Crippen LogP) is 2.14. The van der Waals surface area contributed by atoms with Crippen molar-refractivity contribution in [3.05, 3.63) is 35.9 Å². The van der Waals surface area contributed by atoms with Gasteiger partial charge in [0.2, 0.25) is 0 Å². The molecule has 1 aromatic rings. The Balaban J connectivity index is 2.60. The Hall–Kier alpha value is -1.24. The van der Waals surface area contributed by atoms with Gasteiger partial charge in [-0.25, -0.2) is 0 Å². The van der Waals surface area contributed by atoms with E-state index in [4.69, 9.17) is 9.31 Å². The third-order valence-electron chi connectivity index (χ3n) is 1.74. The van der Waals surface area contributed by atoms with Crippen LogP contribution in [0, 0.1) is 11.7 Å². The Morgan fingerprint density at radius 1 is 1.07 bits per heavy atom. The quantitative estimate of drug-likeness (QED) is 0.550. The maximum atomic E-state index is 5.31. The first-order valence-corrected chi connectivity index (χ1v) is 5.16. The van der Waals surface area contributed by atoms with Gasteiger partial charge in [-0.3, -0.25) is 0 Å². The van der Waals surface area contributed by atoms with Crippen LogP contribution < -0.4 is 0 Å². The number of benzene rings is 1. The lowest BCUT2D eigenvalue weighted by Gasteiger charge is -2.04. The van der Waals surface area contributed by atoms with Gasteiger partial charge in [-0.1, -0.05) is 29.9 Å². The maximum absolute atomic E-state index is 5.31. The van der Waals surface area contributed by atoms with Crippen LogP contribution in [0.2, 0.25) is 0 Å². The molecule has 0 amide bonds. The van der Waals surface area contributed by atoms with Crippen LogP contribution in [0.25, 0.3) is 0 Å². The van der Waals surface area contributed by atoms with E-state index in [1.54, 1.807) is 0 Å². The molecule has 1 rings (SSSR count). The summed E-state index contributed by atoms with van der Waals surface area (Å²) in [4.78, 5) is 0. The summed E-state index contributed by atoms with van der Waals surface area (Å²) in [5.74, 6) is 5.96. The molecule has 0 aliphatic rings. The van der Waals surface area contributed by atoms with Crippen LogP contribution in [0.1, 0.15) is 19.4 Å². The summed E-state index contributed by atoms with van der Waals surface area (Å²) in [6.07, 6.45) is 0. The molecule has 1 aromatic carbocycles. The highest BCUT2D eigenvalue weighted by molar-refractivity contribution is 6.54. The SMILES string of the molecule is CCOB(C#Cc1ccccc1)OCC. The van der Waals surface area contributed by atoms with E-state index in [0.717, 1.165) is 5.56 Å². The van der Waals surface area contributed by atoms with Crippen LogP contribution in [0.5, 0.6) is 0 Å².